The molecule has 0 spiro atoms. The molecule has 0 aliphatic heterocycles. The van der Waals surface area contributed by atoms with Gasteiger partial charge in [0.05, 0.1) is 0 Å². The molecule has 0 aliphatic rings. The van der Waals surface area contributed by atoms with Crippen LogP contribution >= 0.6 is 16.5 Å². The first kappa shape index (κ1) is 17.6. The third kappa shape index (κ3) is 7.12. The second-order valence-electron chi connectivity index (χ2n) is 3.01. The number of hydrogen-bond donors (Lipinski definition) is 5. The second-order valence-corrected chi connectivity index (χ2v) is 4.48. The number of ketones is 1. The lowest BCUT2D eigenvalue weighted by Crippen LogP contribution is -2.45. The van der Waals surface area contributed by atoms with Gasteiger partial charge in [-0.1, -0.05) is 0 Å². The lowest BCUT2D eigenvalue weighted by molar-refractivity contribution is -0.141. The van der Waals surface area contributed by atoms with Crippen LogP contribution in [0, 0.1) is 0 Å². The molecule has 5 N–H and O–H groups in total. The van der Waals surface area contributed by atoms with Gasteiger partial charge < -0.3 is 15.3 Å². The Kier molecular flexibility index (Phi) is 8.45. The monoisotopic (exact) mass is 306 g/mol. The fraction of sp³-hybridized carbons (Fsp3) is 0.833. The van der Waals surface area contributed by atoms with E-state index in [4.69, 9.17) is 9.79 Å². The van der Waals surface area contributed by atoms with Crippen LogP contribution in [0.1, 0.15) is 0 Å². The minimum Gasteiger partial charge on any atom is -0.388 e. The smallest absolute Gasteiger partial charge is 0.388 e. The molecular formula is C6H12O10P2+2. The summed E-state index contributed by atoms with van der Waals surface area (Å²) in [5, 5.41) is 27.7. The van der Waals surface area contributed by atoms with Gasteiger partial charge in [0, 0.05) is 9.13 Å². The highest BCUT2D eigenvalue weighted by atomic mass is 31.1. The Morgan fingerprint density at radius 1 is 1.06 bits per heavy atom. The van der Waals surface area contributed by atoms with Gasteiger partial charge in [-0.15, -0.1) is 18.8 Å². The van der Waals surface area contributed by atoms with Gasteiger partial charge in [-0.3, -0.25) is 4.79 Å². The number of carbonyl (C=O) groups excluding carboxylic acids is 1. The van der Waals surface area contributed by atoms with Crippen molar-refractivity contribution in [2.24, 2.45) is 0 Å². The van der Waals surface area contributed by atoms with Crippen LogP contribution in [0.4, 0.5) is 0 Å². The van der Waals surface area contributed by atoms with Gasteiger partial charge in [0.2, 0.25) is 0 Å². The summed E-state index contributed by atoms with van der Waals surface area (Å²) in [5.74, 6) is -1.15. The molecule has 0 saturated heterocycles. The van der Waals surface area contributed by atoms with E-state index in [-0.39, 0.29) is 0 Å². The van der Waals surface area contributed by atoms with Crippen LogP contribution < -0.4 is 0 Å². The van der Waals surface area contributed by atoms with Gasteiger partial charge in [-0.05, 0) is 0 Å². The molecule has 0 aromatic rings. The summed E-state index contributed by atoms with van der Waals surface area (Å²) in [6, 6.07) is 0. The highest BCUT2D eigenvalue weighted by Crippen LogP contribution is 2.17. The Balaban J connectivity index is 4.21. The molecular weight excluding hydrogens is 294 g/mol. The van der Waals surface area contributed by atoms with E-state index in [2.05, 4.69) is 9.05 Å². The Morgan fingerprint density at radius 2 is 1.56 bits per heavy atom. The van der Waals surface area contributed by atoms with Crippen molar-refractivity contribution >= 4 is 22.3 Å². The maximum Gasteiger partial charge on any atom is 0.695 e. The Bertz CT molecular complexity index is 319. The summed E-state index contributed by atoms with van der Waals surface area (Å²) in [5.41, 5.74) is 0. The van der Waals surface area contributed by atoms with E-state index < -0.39 is 53.8 Å². The summed E-state index contributed by atoms with van der Waals surface area (Å²) in [6.07, 6.45) is -5.87. The minimum absolute atomic E-state index is 0.785. The van der Waals surface area contributed by atoms with Crippen molar-refractivity contribution in [3.05, 3.63) is 0 Å². The standard InChI is InChI=1S/C6H10O10P2/c7-3(1-15-17(11)12)5(9)6(10)4(8)2-16-18(13)14/h3,5-7,9-10H,1-2H2/p+2/t3-,5-,6-/m1/s1. The van der Waals surface area contributed by atoms with Gasteiger partial charge in [-0.25, -0.2) is 0 Å². The summed E-state index contributed by atoms with van der Waals surface area (Å²) in [6.45, 7) is -1.72. The van der Waals surface area contributed by atoms with Crippen molar-refractivity contribution < 1.29 is 48.1 Å². The average molecular weight is 306 g/mol. The molecule has 0 rings (SSSR count). The second kappa shape index (κ2) is 8.65. The zero-order valence-electron chi connectivity index (χ0n) is 8.82. The molecule has 2 unspecified atom stereocenters. The molecule has 0 aromatic heterocycles. The summed E-state index contributed by atoms with van der Waals surface area (Å²) in [7, 11) is -6.02. The molecule has 0 radical (unpaired) electrons. The SMILES string of the molecule is O=C(CO[P+](=O)O)[C@@H](O)[C@H](O)[C@H](O)CO[P+](=O)O. The van der Waals surface area contributed by atoms with Crippen molar-refractivity contribution in [2.45, 2.75) is 18.3 Å². The molecule has 0 amide bonds. The highest BCUT2D eigenvalue weighted by molar-refractivity contribution is 7.32. The van der Waals surface area contributed by atoms with Crippen molar-refractivity contribution in [1.82, 2.24) is 0 Å². The van der Waals surface area contributed by atoms with Crippen LogP contribution in [-0.4, -0.2) is 62.4 Å². The molecule has 104 valence electrons. The van der Waals surface area contributed by atoms with E-state index >= 15 is 0 Å². The van der Waals surface area contributed by atoms with Crippen molar-refractivity contribution in [3.8, 4) is 0 Å². The molecule has 18 heavy (non-hydrogen) atoms. The topological polar surface area (TPSA) is 171 Å². The third-order valence-electron chi connectivity index (χ3n) is 1.72. The first-order chi connectivity index (χ1) is 8.25. The minimum atomic E-state index is -3.03. The average Bonchev–Trinajstić information content (AvgIpc) is 2.30. The van der Waals surface area contributed by atoms with E-state index in [9.17, 15) is 29.2 Å². The van der Waals surface area contributed by atoms with Gasteiger partial charge in [0.1, 0.15) is 24.9 Å². The van der Waals surface area contributed by atoms with E-state index in [0.717, 1.165) is 0 Å². The zero-order valence-corrected chi connectivity index (χ0v) is 10.6. The maximum atomic E-state index is 11.1. The van der Waals surface area contributed by atoms with Gasteiger partial charge in [0.25, 0.3) is 0 Å². The number of hydrogen-bond acceptors (Lipinski definition) is 8. The largest absolute Gasteiger partial charge is 0.695 e. The lowest BCUT2D eigenvalue weighted by atomic mass is 10.1. The molecule has 12 heteroatoms. The lowest BCUT2D eigenvalue weighted by Gasteiger charge is -2.19. The quantitative estimate of drug-likeness (QED) is 0.299. The fourth-order valence-corrected chi connectivity index (χ4v) is 1.36. The first-order valence-corrected chi connectivity index (χ1v) is 6.66. The number of aliphatic hydroxyl groups excluding tert-OH is 3. The van der Waals surface area contributed by atoms with Crippen LogP contribution in [0.3, 0.4) is 0 Å². The van der Waals surface area contributed by atoms with Gasteiger partial charge in [0.15, 0.2) is 12.4 Å². The normalized spacial score (nSPS) is 17.8. The molecule has 0 aromatic carbocycles. The van der Waals surface area contributed by atoms with Crippen molar-refractivity contribution in [2.75, 3.05) is 13.2 Å². The van der Waals surface area contributed by atoms with Gasteiger partial charge >= 0.3 is 16.5 Å². The molecule has 10 nitrogen and oxygen atoms in total. The molecule has 5 atom stereocenters. The van der Waals surface area contributed by atoms with E-state index in [0.29, 0.717) is 0 Å². The molecule has 0 fully saturated rings. The predicted molar refractivity (Wildman–Crippen MR) is 54.6 cm³/mol. The first-order valence-electron chi connectivity index (χ1n) is 4.40. The molecule has 0 aliphatic carbocycles. The van der Waals surface area contributed by atoms with Crippen LogP contribution in [0.5, 0.6) is 0 Å². The number of Topliss-reactive ketones (excluding diaryl/α,β-unsaturated/α-hetero) is 1. The predicted octanol–water partition coefficient (Wildman–Crippen LogP) is -2.03. The maximum absolute atomic E-state index is 11.1. The van der Waals surface area contributed by atoms with Crippen molar-refractivity contribution in [1.29, 1.82) is 0 Å². The molecule has 0 heterocycles. The van der Waals surface area contributed by atoms with E-state index in [1.54, 1.807) is 0 Å². The van der Waals surface area contributed by atoms with Gasteiger partial charge in [-0.2, -0.15) is 0 Å². The third-order valence-corrected chi connectivity index (χ3v) is 2.44. The van der Waals surface area contributed by atoms with Crippen LogP contribution in [0.15, 0.2) is 0 Å². The Hall–Kier alpha value is -0.410. The number of carbonyl (C=O) groups is 1. The van der Waals surface area contributed by atoms with Crippen LogP contribution in [0.2, 0.25) is 0 Å². The number of rotatable bonds is 9. The van der Waals surface area contributed by atoms with Crippen LogP contribution in [-0.2, 0) is 23.0 Å². The van der Waals surface area contributed by atoms with E-state index in [1.807, 2.05) is 0 Å². The summed E-state index contributed by atoms with van der Waals surface area (Å²) < 4.78 is 28.3. The zero-order chi connectivity index (χ0) is 14.3. The highest BCUT2D eigenvalue weighted by Gasteiger charge is 2.33. The Labute approximate surface area is 103 Å². The summed E-state index contributed by atoms with van der Waals surface area (Å²) in [4.78, 5) is 27.6. The Morgan fingerprint density at radius 3 is 2.00 bits per heavy atom. The summed E-state index contributed by atoms with van der Waals surface area (Å²) >= 11 is 0. The molecule has 0 saturated carbocycles. The van der Waals surface area contributed by atoms with Crippen molar-refractivity contribution in [3.63, 3.8) is 0 Å². The number of aliphatic hydroxyl groups is 3. The fourth-order valence-electron chi connectivity index (χ4n) is 0.844. The van der Waals surface area contributed by atoms with Crippen LogP contribution in [0.25, 0.3) is 0 Å². The van der Waals surface area contributed by atoms with E-state index in [1.165, 1.54) is 0 Å². The molecule has 0 bridgehead atoms.